The molecule has 0 unspecified atom stereocenters. The van der Waals surface area contributed by atoms with Crippen molar-refractivity contribution in [3.8, 4) is 11.1 Å². The van der Waals surface area contributed by atoms with E-state index in [2.05, 4.69) is 10.0 Å². The molecule has 5 rings (SSSR count). The Balaban J connectivity index is 1.75. The summed E-state index contributed by atoms with van der Waals surface area (Å²) in [5.41, 5.74) is 8.52. The molecule has 0 saturated heterocycles. The van der Waals surface area contributed by atoms with Crippen molar-refractivity contribution in [1.82, 2.24) is 14.9 Å². The molecule has 0 fully saturated rings. The van der Waals surface area contributed by atoms with Gasteiger partial charge in [0.1, 0.15) is 0 Å². The minimum atomic E-state index is -5.22. The zero-order valence-corrected chi connectivity index (χ0v) is 28.8. The van der Waals surface area contributed by atoms with Gasteiger partial charge in [0, 0.05) is 42.9 Å². The molecule has 4 aromatic rings. The summed E-state index contributed by atoms with van der Waals surface area (Å²) in [6, 6.07) is 7.95. The van der Waals surface area contributed by atoms with E-state index in [1.54, 1.807) is 0 Å². The Morgan fingerprint density at radius 2 is 1.38 bits per heavy atom. The molecule has 2 heterocycles. The fourth-order valence-electron chi connectivity index (χ4n) is 5.48. The number of rotatable bonds is 13. The first-order valence-electron chi connectivity index (χ1n) is 14.7. The molecule has 0 bridgehead atoms. The van der Waals surface area contributed by atoms with Crippen molar-refractivity contribution in [2.75, 3.05) is 36.9 Å². The first kappa shape index (κ1) is 37.7. The number of nitrogens with two attached hydrogens (primary N) is 2. The fourth-order valence-corrected chi connectivity index (χ4v) is 8.07. The summed E-state index contributed by atoms with van der Waals surface area (Å²) in [6.07, 6.45) is 1.75. The van der Waals surface area contributed by atoms with E-state index >= 15 is 0 Å². The largest absolute Gasteiger partial charge is 0.478 e. The van der Waals surface area contributed by atoms with Gasteiger partial charge >= 0.3 is 27.3 Å². The molecule has 0 saturated carbocycles. The third-order valence-corrected chi connectivity index (χ3v) is 11.0. The van der Waals surface area contributed by atoms with E-state index in [0.29, 0.717) is 0 Å². The number of carboxylic acids is 1. The Morgan fingerprint density at radius 3 is 1.94 bits per heavy atom. The smallest absolute Gasteiger partial charge is 0.384 e. The van der Waals surface area contributed by atoms with Gasteiger partial charge in [0.15, 0.2) is 0 Å². The van der Waals surface area contributed by atoms with E-state index in [9.17, 15) is 54.1 Å². The summed E-state index contributed by atoms with van der Waals surface area (Å²) in [5.74, 6) is -4.29. The normalized spacial score (nSPS) is 13.7. The minimum absolute atomic E-state index is 0.159. The predicted octanol–water partition coefficient (Wildman–Crippen LogP) is 0.854. The van der Waals surface area contributed by atoms with Gasteiger partial charge in [0.25, 0.3) is 37.9 Å². The average molecular weight is 779 g/mol. The summed E-state index contributed by atoms with van der Waals surface area (Å²) in [5, 5.41) is 12.3. The van der Waals surface area contributed by atoms with Crippen molar-refractivity contribution in [1.29, 1.82) is 0 Å². The van der Waals surface area contributed by atoms with Gasteiger partial charge in [0.05, 0.1) is 33.5 Å². The van der Waals surface area contributed by atoms with Crippen LogP contribution in [0.15, 0.2) is 68.8 Å². The highest BCUT2D eigenvalue weighted by Crippen LogP contribution is 2.44. The summed E-state index contributed by atoms with van der Waals surface area (Å²) in [4.78, 5) is 48.6. The zero-order chi connectivity index (χ0) is 38.3. The van der Waals surface area contributed by atoms with E-state index in [1.807, 2.05) is 0 Å². The van der Waals surface area contributed by atoms with Gasteiger partial charge < -0.3 is 21.9 Å². The van der Waals surface area contributed by atoms with Crippen LogP contribution in [0.25, 0.3) is 33.1 Å². The quantitative estimate of drug-likeness (QED) is 0.0247. The Hall–Kier alpha value is -5.52. The van der Waals surface area contributed by atoms with Gasteiger partial charge in [-0.25, -0.2) is 22.4 Å². The summed E-state index contributed by atoms with van der Waals surface area (Å²) < 4.78 is 102. The monoisotopic (exact) mass is 778 g/mol. The number of hydrogen-bond donors (Lipinski definition) is 7. The van der Waals surface area contributed by atoms with Crippen LogP contribution >= 0.6 is 0 Å². The van der Waals surface area contributed by atoms with E-state index < -0.39 is 104 Å². The molecule has 22 heteroatoms. The highest BCUT2D eigenvalue weighted by molar-refractivity contribution is 7.90. The van der Waals surface area contributed by atoms with E-state index in [1.165, 1.54) is 12.1 Å². The first-order valence-corrected chi connectivity index (χ1v) is 19.3. The second-order valence-corrected chi connectivity index (χ2v) is 15.8. The molecule has 3 amide bonds. The molecular formula is C30H28N5O14S3+. The molecule has 0 aliphatic carbocycles. The topological polar surface area (TPSA) is 322 Å². The van der Waals surface area contributed by atoms with Crippen molar-refractivity contribution >= 4 is 87.3 Å². The standard InChI is InChI=1S/C30H27N5O14S3/c31-20-6-4-17-24(19-14-15(2-3-16(19)30(39)40)29(38)33-11-12-35-22(36)8-9-23(35)37)18-5-7-21(32)28(52(46,47)48)26(18)49-25(17)27(20)51(44,45)34-10-1-13-50(41,42)43/h2-9,14,34H,1,10-13,31-32H2,(H3-,33,38,39,40,41,42,43,46,47,48)/p+1. The van der Waals surface area contributed by atoms with Gasteiger partial charge in [-0.1, -0.05) is 0 Å². The molecule has 1 aromatic heterocycles. The number of imide groups is 1. The van der Waals surface area contributed by atoms with Crippen molar-refractivity contribution in [3.63, 3.8) is 0 Å². The molecule has 0 radical (unpaired) electrons. The maximum absolute atomic E-state index is 13.6. The van der Waals surface area contributed by atoms with E-state index in [0.717, 1.165) is 47.4 Å². The van der Waals surface area contributed by atoms with Crippen LogP contribution in [0.3, 0.4) is 0 Å². The van der Waals surface area contributed by atoms with Crippen molar-refractivity contribution in [3.05, 3.63) is 65.7 Å². The molecule has 1 aliphatic rings. The fraction of sp³-hybridized carbons (Fsp3) is 0.167. The number of benzene rings is 3. The molecule has 9 N–H and O–H groups in total. The minimum Gasteiger partial charge on any atom is -0.478 e. The van der Waals surface area contributed by atoms with Crippen LogP contribution in [0.5, 0.6) is 0 Å². The number of nitrogens with zero attached hydrogens (tertiary/aromatic N) is 1. The SMILES string of the molecule is Nc1ccc2c(-c3cc(C(=O)NCCN4C(=O)C=CC4=O)ccc3C(=O)O)c3ccc(N)c(S(=O)(=O)NCCCS(=O)(=O)O)c3[o+]c2c1S(=O)(=O)O. The number of nitrogen functional groups attached to an aromatic ring is 2. The highest BCUT2D eigenvalue weighted by Gasteiger charge is 2.37. The van der Waals surface area contributed by atoms with Crippen molar-refractivity contribution < 1.29 is 63.1 Å². The number of hydrogen-bond acceptors (Lipinski definition) is 12. The van der Waals surface area contributed by atoms with Gasteiger partial charge in [-0.3, -0.25) is 28.4 Å². The summed E-state index contributed by atoms with van der Waals surface area (Å²) in [7, 11) is -14.4. The lowest BCUT2D eigenvalue weighted by molar-refractivity contribution is -0.136. The van der Waals surface area contributed by atoms with Gasteiger partial charge in [-0.15, -0.1) is 0 Å². The lowest BCUT2D eigenvalue weighted by Gasteiger charge is -2.15. The van der Waals surface area contributed by atoms with Crippen LogP contribution in [0, 0.1) is 0 Å². The summed E-state index contributed by atoms with van der Waals surface area (Å²) in [6.45, 7) is -0.911. The van der Waals surface area contributed by atoms with E-state index in [4.69, 9.17) is 20.4 Å². The number of aromatic carboxylic acids is 1. The molecule has 274 valence electrons. The van der Waals surface area contributed by atoms with Gasteiger partial charge in [-0.05, 0) is 54.4 Å². The number of amides is 3. The van der Waals surface area contributed by atoms with Crippen LogP contribution in [-0.4, -0.2) is 93.4 Å². The average Bonchev–Trinajstić information content (AvgIpc) is 3.36. The van der Waals surface area contributed by atoms with Crippen molar-refractivity contribution in [2.45, 2.75) is 16.2 Å². The molecule has 3 aromatic carbocycles. The van der Waals surface area contributed by atoms with Crippen LogP contribution in [-0.2, 0) is 39.8 Å². The number of carboxylic acid groups (broad SMARTS) is 1. The third kappa shape index (κ3) is 7.56. The van der Waals surface area contributed by atoms with Gasteiger partial charge in [-0.2, -0.15) is 16.8 Å². The highest BCUT2D eigenvalue weighted by atomic mass is 32.2. The van der Waals surface area contributed by atoms with Gasteiger partial charge in [0.2, 0.25) is 9.79 Å². The van der Waals surface area contributed by atoms with Crippen LogP contribution in [0.2, 0.25) is 0 Å². The predicted molar refractivity (Wildman–Crippen MR) is 184 cm³/mol. The number of anilines is 2. The lowest BCUT2D eigenvalue weighted by Crippen LogP contribution is -2.38. The van der Waals surface area contributed by atoms with Crippen molar-refractivity contribution in [2.24, 2.45) is 0 Å². The Bertz CT molecular complexity index is 2570. The Labute approximate surface area is 294 Å². The maximum Gasteiger partial charge on any atom is 0.384 e. The Kier molecular flexibility index (Phi) is 10.1. The van der Waals surface area contributed by atoms with Crippen LogP contribution in [0.1, 0.15) is 27.1 Å². The van der Waals surface area contributed by atoms with Crippen LogP contribution < -0.4 is 21.5 Å². The first-order chi connectivity index (χ1) is 24.2. The molecule has 1 aliphatic heterocycles. The number of carbonyl (C=O) groups is 4. The lowest BCUT2D eigenvalue weighted by atomic mass is 9.91. The Morgan fingerprint density at radius 1 is 0.808 bits per heavy atom. The molecule has 19 nitrogen and oxygen atoms in total. The zero-order valence-electron chi connectivity index (χ0n) is 26.4. The maximum atomic E-state index is 13.6. The van der Waals surface area contributed by atoms with Crippen LogP contribution in [0.4, 0.5) is 11.4 Å². The third-order valence-electron chi connectivity index (χ3n) is 7.73. The second-order valence-electron chi connectivity index (χ2n) is 11.2. The molecule has 0 atom stereocenters. The number of fused-ring (bicyclic) bond motifs is 2. The summed E-state index contributed by atoms with van der Waals surface area (Å²) >= 11 is 0. The molecule has 0 spiro atoms. The number of carbonyl (C=O) groups excluding carboxylic acids is 3. The van der Waals surface area contributed by atoms with E-state index in [-0.39, 0.29) is 47.0 Å². The molecule has 52 heavy (non-hydrogen) atoms. The number of sulfonamides is 1. The molecular weight excluding hydrogens is 751 g/mol. The number of nitrogens with one attached hydrogen (secondary N) is 2. The second kappa shape index (κ2) is 13.9.